The highest BCUT2D eigenvalue weighted by molar-refractivity contribution is 7.83. The van der Waals surface area contributed by atoms with Gasteiger partial charge >= 0.3 is 12.1 Å². The Morgan fingerprint density at radius 2 is 1.77 bits per heavy atom. The SMILES string of the molecule is COC(=O)C1(c2c([N+](=O)[O-])cnc3c2ccn3S(=O)c2ccccc2)CC2CCC(C1)N2C(=O)OC(C)(C)C. The molecule has 206 valence electrons. The molecule has 2 aliphatic heterocycles. The molecule has 2 bridgehead atoms. The second kappa shape index (κ2) is 9.74. The molecule has 0 aliphatic carbocycles. The molecular formula is C27H30N4O7S. The summed E-state index contributed by atoms with van der Waals surface area (Å²) in [6.45, 7) is 5.36. The molecule has 0 spiro atoms. The minimum absolute atomic E-state index is 0.127. The first-order valence-electron chi connectivity index (χ1n) is 12.7. The lowest BCUT2D eigenvalue weighted by atomic mass is 9.68. The fourth-order valence-electron chi connectivity index (χ4n) is 6.01. The minimum atomic E-state index is -1.67. The molecule has 2 fully saturated rings. The quantitative estimate of drug-likeness (QED) is 0.256. The second-order valence-corrected chi connectivity index (χ2v) is 12.3. The monoisotopic (exact) mass is 554 g/mol. The standard InChI is InChI=1S/C27H30N4O7S/c1-26(2,3)38-25(33)30-17-10-11-18(30)15-27(14-17,24(32)37-4)22-20-12-13-29(23(20)28-16-21(22)31(34)35)39(36)19-8-6-5-7-9-19/h5-9,12-13,16-18H,10-11,14-15H2,1-4H3. The summed E-state index contributed by atoms with van der Waals surface area (Å²) in [5.74, 6) is -0.615. The lowest BCUT2D eigenvalue weighted by Gasteiger charge is -2.44. The van der Waals surface area contributed by atoms with Gasteiger partial charge in [0, 0.05) is 23.7 Å². The molecule has 39 heavy (non-hydrogen) atoms. The van der Waals surface area contributed by atoms with E-state index < -0.39 is 39.0 Å². The molecule has 0 radical (unpaired) electrons. The van der Waals surface area contributed by atoms with E-state index in [-0.39, 0.29) is 41.8 Å². The van der Waals surface area contributed by atoms with Crippen molar-refractivity contribution in [3.63, 3.8) is 0 Å². The van der Waals surface area contributed by atoms with Crippen LogP contribution in [-0.4, -0.2) is 59.8 Å². The summed E-state index contributed by atoms with van der Waals surface area (Å²) in [6.07, 6.45) is 3.72. The van der Waals surface area contributed by atoms with Crippen molar-refractivity contribution in [1.82, 2.24) is 13.9 Å². The van der Waals surface area contributed by atoms with Crippen molar-refractivity contribution in [3.8, 4) is 0 Å². The number of carbonyl (C=O) groups excluding carboxylic acids is 2. The number of nitrogens with zero attached hydrogens (tertiary/aromatic N) is 4. The molecule has 3 atom stereocenters. The summed E-state index contributed by atoms with van der Waals surface area (Å²) in [7, 11) is -0.415. The van der Waals surface area contributed by atoms with Crippen LogP contribution in [0, 0.1) is 10.1 Å². The molecule has 4 heterocycles. The summed E-state index contributed by atoms with van der Waals surface area (Å²) in [6, 6.07) is 9.64. The molecular weight excluding hydrogens is 524 g/mol. The first kappa shape index (κ1) is 26.8. The summed E-state index contributed by atoms with van der Waals surface area (Å²) in [5.41, 5.74) is -2.00. The van der Waals surface area contributed by atoms with E-state index in [9.17, 15) is 23.9 Å². The number of pyridine rings is 1. The van der Waals surface area contributed by atoms with Crippen LogP contribution in [0.15, 0.2) is 53.7 Å². The summed E-state index contributed by atoms with van der Waals surface area (Å²) in [4.78, 5) is 45.0. The Labute approximate surface area is 227 Å². The van der Waals surface area contributed by atoms with E-state index in [1.54, 1.807) is 62.2 Å². The van der Waals surface area contributed by atoms with Gasteiger partial charge in [0.05, 0.1) is 22.5 Å². The Morgan fingerprint density at radius 1 is 1.13 bits per heavy atom. The van der Waals surface area contributed by atoms with Crippen LogP contribution in [0.1, 0.15) is 52.0 Å². The van der Waals surface area contributed by atoms with E-state index in [1.807, 2.05) is 6.07 Å². The number of nitro groups is 1. The smallest absolute Gasteiger partial charge is 0.410 e. The van der Waals surface area contributed by atoms with Gasteiger partial charge in [-0.1, -0.05) is 18.2 Å². The number of piperidine rings is 1. The Hall–Kier alpha value is -3.80. The lowest BCUT2D eigenvalue weighted by Crippen LogP contribution is -2.56. The zero-order valence-corrected chi connectivity index (χ0v) is 23.0. The maximum Gasteiger partial charge on any atom is 0.410 e. The van der Waals surface area contributed by atoms with E-state index in [1.165, 1.54) is 11.1 Å². The molecule has 12 heteroatoms. The maximum absolute atomic E-state index is 13.6. The number of fused-ring (bicyclic) bond motifs is 3. The zero-order chi connectivity index (χ0) is 28.1. The number of hydrogen-bond donors (Lipinski definition) is 0. The molecule has 0 saturated carbocycles. The van der Waals surface area contributed by atoms with Crippen molar-refractivity contribution < 1.29 is 28.2 Å². The van der Waals surface area contributed by atoms with Crippen LogP contribution in [0.2, 0.25) is 0 Å². The van der Waals surface area contributed by atoms with Crippen LogP contribution >= 0.6 is 0 Å². The number of rotatable bonds is 5. The Bertz CT molecular complexity index is 1470. The van der Waals surface area contributed by atoms with Crippen LogP contribution in [0.25, 0.3) is 11.0 Å². The largest absolute Gasteiger partial charge is 0.468 e. The number of aromatic nitrogens is 2. The van der Waals surface area contributed by atoms with Crippen LogP contribution in [0.5, 0.6) is 0 Å². The number of carbonyl (C=O) groups is 2. The number of ether oxygens (including phenoxy) is 2. The van der Waals surface area contributed by atoms with E-state index in [0.717, 1.165) is 6.20 Å². The number of esters is 1. The zero-order valence-electron chi connectivity index (χ0n) is 22.2. The fourth-order valence-corrected chi connectivity index (χ4v) is 7.10. The van der Waals surface area contributed by atoms with Crippen molar-refractivity contribution in [2.75, 3.05) is 7.11 Å². The fraction of sp³-hybridized carbons (Fsp3) is 0.444. The van der Waals surface area contributed by atoms with E-state index in [4.69, 9.17) is 9.47 Å². The summed E-state index contributed by atoms with van der Waals surface area (Å²) in [5, 5.41) is 12.6. The normalized spacial score (nSPS) is 23.4. The average Bonchev–Trinajstić information content (AvgIpc) is 3.45. The van der Waals surface area contributed by atoms with Gasteiger partial charge in [0.1, 0.15) is 17.2 Å². The molecule has 2 saturated heterocycles. The Morgan fingerprint density at radius 3 is 2.33 bits per heavy atom. The molecule has 3 unspecified atom stereocenters. The van der Waals surface area contributed by atoms with Gasteiger partial charge in [-0.25, -0.2) is 18.0 Å². The predicted molar refractivity (Wildman–Crippen MR) is 142 cm³/mol. The number of amides is 1. The molecule has 5 rings (SSSR count). The van der Waals surface area contributed by atoms with Crippen molar-refractivity contribution >= 4 is 39.8 Å². The maximum atomic E-state index is 13.6. The van der Waals surface area contributed by atoms with Crippen molar-refractivity contribution in [2.45, 2.75) is 74.4 Å². The third-order valence-electron chi connectivity index (χ3n) is 7.43. The van der Waals surface area contributed by atoms with Gasteiger partial charge < -0.3 is 14.4 Å². The number of methoxy groups -OCH3 is 1. The highest BCUT2D eigenvalue weighted by Crippen LogP contribution is 2.52. The van der Waals surface area contributed by atoms with Gasteiger partial charge in [0.2, 0.25) is 0 Å². The Balaban J connectivity index is 1.66. The third kappa shape index (κ3) is 4.56. The number of benzene rings is 1. The molecule has 1 aromatic carbocycles. The van der Waals surface area contributed by atoms with Crippen LogP contribution in [0.4, 0.5) is 10.5 Å². The highest BCUT2D eigenvalue weighted by atomic mass is 32.2. The van der Waals surface area contributed by atoms with Gasteiger partial charge in [-0.2, -0.15) is 0 Å². The first-order valence-corrected chi connectivity index (χ1v) is 13.8. The highest BCUT2D eigenvalue weighted by Gasteiger charge is 2.58. The van der Waals surface area contributed by atoms with Crippen LogP contribution in [-0.2, 0) is 30.7 Å². The predicted octanol–water partition coefficient (Wildman–Crippen LogP) is 4.49. The first-order chi connectivity index (χ1) is 18.5. The molecule has 2 aliphatic rings. The summed E-state index contributed by atoms with van der Waals surface area (Å²) < 4.78 is 25.7. The molecule has 0 N–H and O–H groups in total. The average molecular weight is 555 g/mol. The lowest BCUT2D eigenvalue weighted by molar-refractivity contribution is -0.386. The van der Waals surface area contributed by atoms with Crippen LogP contribution in [0.3, 0.4) is 0 Å². The molecule has 2 aromatic heterocycles. The van der Waals surface area contributed by atoms with Crippen molar-refractivity contribution in [3.05, 3.63) is 64.5 Å². The van der Waals surface area contributed by atoms with Gasteiger partial charge in [-0.15, -0.1) is 0 Å². The molecule has 11 nitrogen and oxygen atoms in total. The van der Waals surface area contributed by atoms with Crippen molar-refractivity contribution in [2.24, 2.45) is 0 Å². The molecule has 3 aromatic rings. The van der Waals surface area contributed by atoms with E-state index in [2.05, 4.69) is 4.98 Å². The molecule has 1 amide bonds. The van der Waals surface area contributed by atoms with E-state index >= 15 is 0 Å². The van der Waals surface area contributed by atoms with Gasteiger partial charge in [-0.3, -0.25) is 14.9 Å². The van der Waals surface area contributed by atoms with Gasteiger partial charge in [0.15, 0.2) is 16.6 Å². The minimum Gasteiger partial charge on any atom is -0.468 e. The number of hydrogen-bond acceptors (Lipinski definition) is 8. The van der Waals surface area contributed by atoms with Gasteiger partial charge in [0.25, 0.3) is 5.69 Å². The van der Waals surface area contributed by atoms with Gasteiger partial charge in [-0.05, 0) is 64.7 Å². The Kier molecular flexibility index (Phi) is 6.69. The van der Waals surface area contributed by atoms with E-state index in [0.29, 0.717) is 23.1 Å². The summed E-state index contributed by atoms with van der Waals surface area (Å²) >= 11 is 0. The second-order valence-electron chi connectivity index (χ2n) is 11.0. The van der Waals surface area contributed by atoms with Crippen LogP contribution < -0.4 is 0 Å². The third-order valence-corrected chi connectivity index (χ3v) is 8.76. The topological polar surface area (TPSA) is 134 Å². The van der Waals surface area contributed by atoms with Crippen molar-refractivity contribution in [1.29, 1.82) is 0 Å².